The Morgan fingerprint density at radius 1 is 1.17 bits per heavy atom. The van der Waals surface area contributed by atoms with Crippen LogP contribution in [-0.2, 0) is 64.1 Å². The Balaban J connectivity index is 1.57. The maximum absolute atomic E-state index is 13.9. The van der Waals surface area contributed by atoms with Gasteiger partial charge in [-0.25, -0.2) is 14.6 Å². The van der Waals surface area contributed by atoms with Crippen LogP contribution >= 0.6 is 0 Å². The summed E-state index contributed by atoms with van der Waals surface area (Å²) in [5.74, 6) is -4.08. The molecule has 0 radical (unpaired) electrons. The van der Waals surface area contributed by atoms with Crippen LogP contribution in [0.5, 0.6) is 5.75 Å². The van der Waals surface area contributed by atoms with Crippen molar-refractivity contribution >= 4 is 44.8 Å². The third kappa shape index (κ3) is 6.53. The zero-order valence-corrected chi connectivity index (χ0v) is 27.5. The summed E-state index contributed by atoms with van der Waals surface area (Å²) in [6, 6.07) is 6.62. The first kappa shape index (κ1) is 34.3. The molecule has 3 aromatic rings. The molecular formula is C32H34N4O11S. The minimum atomic E-state index is -3.83. The lowest BCUT2D eigenvalue weighted by molar-refractivity contribution is -0.189. The molecule has 1 amide bonds. The number of rotatable bonds is 12. The first-order valence-corrected chi connectivity index (χ1v) is 16.6. The highest BCUT2D eigenvalue weighted by Gasteiger charge is 2.50. The van der Waals surface area contributed by atoms with Gasteiger partial charge in [0, 0.05) is 40.8 Å². The van der Waals surface area contributed by atoms with Gasteiger partial charge in [-0.15, -0.1) is 0 Å². The Morgan fingerprint density at radius 3 is 2.58 bits per heavy atom. The first-order chi connectivity index (χ1) is 22.7. The summed E-state index contributed by atoms with van der Waals surface area (Å²) in [5.41, 5.74) is 0.404. The number of carbonyl (C=O) groups excluding carboxylic acids is 3. The molecule has 1 atom stereocenters. The number of aromatic nitrogens is 2. The highest BCUT2D eigenvalue weighted by Crippen LogP contribution is 2.41. The molecule has 2 aromatic heterocycles. The van der Waals surface area contributed by atoms with E-state index in [1.54, 1.807) is 32.0 Å². The van der Waals surface area contributed by atoms with Crippen LogP contribution in [0, 0.1) is 0 Å². The minimum absolute atomic E-state index is 0.101. The van der Waals surface area contributed by atoms with Crippen molar-refractivity contribution in [2.45, 2.75) is 52.0 Å². The highest BCUT2D eigenvalue weighted by molar-refractivity contribution is 7.87. The van der Waals surface area contributed by atoms with Crippen molar-refractivity contribution in [2.24, 2.45) is 0 Å². The molecule has 0 bridgehead atoms. The summed E-state index contributed by atoms with van der Waals surface area (Å²) < 4.78 is 43.1. The molecule has 16 heteroatoms. The summed E-state index contributed by atoms with van der Waals surface area (Å²) in [6.07, 6.45) is 1.61. The normalized spacial score (nSPS) is 16.7. The van der Waals surface area contributed by atoms with Gasteiger partial charge in [0.25, 0.3) is 5.56 Å². The molecule has 1 unspecified atom stereocenters. The number of benzene rings is 1. The smallest absolute Gasteiger partial charge is 0.355 e. The van der Waals surface area contributed by atoms with Gasteiger partial charge < -0.3 is 33.5 Å². The number of amides is 1. The van der Waals surface area contributed by atoms with E-state index in [9.17, 15) is 32.4 Å². The summed E-state index contributed by atoms with van der Waals surface area (Å²) >= 11 is 0. The summed E-state index contributed by atoms with van der Waals surface area (Å²) in [6.45, 7) is 2.76. The van der Waals surface area contributed by atoms with Gasteiger partial charge in [-0.1, -0.05) is 13.8 Å². The molecule has 15 nitrogen and oxygen atoms in total. The maximum Gasteiger partial charge on any atom is 0.355 e. The molecule has 0 fully saturated rings. The van der Waals surface area contributed by atoms with E-state index >= 15 is 0 Å². The monoisotopic (exact) mass is 682 g/mol. The van der Waals surface area contributed by atoms with Crippen molar-refractivity contribution in [3.63, 3.8) is 0 Å². The molecule has 5 rings (SSSR count). The van der Waals surface area contributed by atoms with Gasteiger partial charge in [0.2, 0.25) is 11.5 Å². The van der Waals surface area contributed by atoms with Gasteiger partial charge in [0.15, 0.2) is 0 Å². The Labute approximate surface area is 275 Å². The van der Waals surface area contributed by atoms with Crippen LogP contribution in [-0.4, -0.2) is 78.2 Å². The molecule has 0 saturated heterocycles. The number of hydrogen-bond acceptors (Lipinski definition) is 12. The van der Waals surface area contributed by atoms with Crippen molar-refractivity contribution in [3.8, 4) is 17.1 Å². The molecular weight excluding hydrogens is 648 g/mol. The zero-order chi connectivity index (χ0) is 35.0. The number of ether oxygens (including phenoxy) is 2. The summed E-state index contributed by atoms with van der Waals surface area (Å²) in [4.78, 5) is 69.2. The molecule has 2 aliphatic heterocycles. The average Bonchev–Trinajstić information content (AvgIpc) is 3.38. The molecule has 0 spiro atoms. The Bertz CT molecular complexity index is 2050. The number of carboxylic acid groups (broad SMARTS) is 1. The first-order valence-electron chi connectivity index (χ1n) is 15.1. The van der Waals surface area contributed by atoms with Gasteiger partial charge in [-0.2, -0.15) is 8.42 Å². The lowest BCUT2D eigenvalue weighted by Crippen LogP contribution is -2.48. The number of esters is 2. The second-order valence-corrected chi connectivity index (χ2v) is 13.3. The van der Waals surface area contributed by atoms with Crippen molar-refractivity contribution in [1.29, 1.82) is 0 Å². The number of pyridine rings is 2. The molecule has 2 aliphatic rings. The summed E-state index contributed by atoms with van der Waals surface area (Å²) in [5, 5.41) is 11.5. The number of cyclic esters (lactones) is 1. The molecule has 48 heavy (non-hydrogen) atoms. The largest absolute Gasteiger partial charge is 0.478 e. The Morgan fingerprint density at radius 2 is 1.92 bits per heavy atom. The Hall–Kier alpha value is -5.09. The molecule has 4 heterocycles. The van der Waals surface area contributed by atoms with E-state index in [-0.39, 0.29) is 42.2 Å². The third-order valence-corrected chi connectivity index (χ3v) is 9.29. The highest BCUT2D eigenvalue weighted by atomic mass is 32.2. The molecule has 2 N–H and O–H groups in total. The van der Waals surface area contributed by atoms with Crippen LogP contribution in [0.3, 0.4) is 0 Å². The van der Waals surface area contributed by atoms with E-state index in [4.69, 9.17) is 23.7 Å². The van der Waals surface area contributed by atoms with E-state index < -0.39 is 51.6 Å². The van der Waals surface area contributed by atoms with Crippen LogP contribution in [0.1, 0.15) is 48.9 Å². The lowest BCUT2D eigenvalue weighted by atomic mass is 9.85. The van der Waals surface area contributed by atoms with Crippen molar-refractivity contribution in [3.05, 3.63) is 69.0 Å². The van der Waals surface area contributed by atoms with Crippen LogP contribution in [0.2, 0.25) is 0 Å². The zero-order valence-electron chi connectivity index (χ0n) is 26.7. The number of nitrogens with zero attached hydrogens (tertiary/aromatic N) is 3. The number of fused-ring (bicyclic) bond motifs is 5. The SMILES string of the molecule is CCCS(=O)(=O)Oc1ccc2nc3c(cc2c1CN(C)C)Cn1c-3cc2c(c1=O)COC(=O)C2(CC)OC(=O)CNC(=O)C=CC(=O)O. The van der Waals surface area contributed by atoms with Crippen molar-refractivity contribution in [2.75, 3.05) is 26.4 Å². The van der Waals surface area contributed by atoms with Crippen LogP contribution in [0.25, 0.3) is 22.3 Å². The second kappa shape index (κ2) is 13.2. The second-order valence-electron chi connectivity index (χ2n) is 11.6. The minimum Gasteiger partial charge on any atom is -0.478 e. The predicted octanol–water partition coefficient (Wildman–Crippen LogP) is 1.57. The standard InChI is InChI=1S/C32H34N4O11S/c1-5-11-48(43,44)47-25-8-7-23-19(20(25)16-35(3)4)12-18-15-36-24(29(18)34-23)13-22-21(30(36)41)17-45-31(42)32(22,6-2)46-28(40)14-33-26(37)9-10-27(38)39/h7-10,12-13H,5-6,11,14-17H2,1-4H3,(H,33,37)(H,38,39). The van der Waals surface area contributed by atoms with E-state index in [1.807, 2.05) is 25.1 Å². The van der Waals surface area contributed by atoms with E-state index in [2.05, 4.69) is 5.32 Å². The van der Waals surface area contributed by atoms with Gasteiger partial charge >= 0.3 is 28.0 Å². The molecule has 0 saturated carbocycles. The fourth-order valence-electron chi connectivity index (χ4n) is 5.83. The number of carboxylic acids is 1. The van der Waals surface area contributed by atoms with Gasteiger partial charge in [0.1, 0.15) is 18.9 Å². The molecule has 0 aliphatic carbocycles. The van der Waals surface area contributed by atoms with Crippen LogP contribution in [0.15, 0.2) is 41.2 Å². The Kier molecular flexibility index (Phi) is 9.42. The van der Waals surface area contributed by atoms with Crippen molar-refractivity contribution < 1.29 is 46.4 Å². The van der Waals surface area contributed by atoms with Gasteiger partial charge in [-0.05, 0) is 51.2 Å². The lowest BCUT2D eigenvalue weighted by Gasteiger charge is -2.35. The van der Waals surface area contributed by atoms with Gasteiger partial charge in [-0.3, -0.25) is 14.4 Å². The molecule has 1 aromatic carbocycles. The van der Waals surface area contributed by atoms with Crippen LogP contribution < -0.4 is 15.1 Å². The van der Waals surface area contributed by atoms with E-state index in [0.717, 1.165) is 6.08 Å². The number of hydrogen-bond donors (Lipinski definition) is 2. The molecule has 254 valence electrons. The summed E-state index contributed by atoms with van der Waals surface area (Å²) in [7, 11) is -0.152. The van der Waals surface area contributed by atoms with E-state index in [1.165, 1.54) is 4.57 Å². The number of aliphatic carboxylic acids is 1. The van der Waals surface area contributed by atoms with E-state index in [0.29, 0.717) is 52.5 Å². The number of nitrogens with one attached hydrogen (secondary N) is 1. The average molecular weight is 683 g/mol. The topological polar surface area (TPSA) is 200 Å². The quantitative estimate of drug-likeness (QED) is 0.124. The maximum atomic E-state index is 13.9. The fourth-order valence-corrected chi connectivity index (χ4v) is 6.84. The van der Waals surface area contributed by atoms with Crippen LogP contribution in [0.4, 0.5) is 0 Å². The van der Waals surface area contributed by atoms with Gasteiger partial charge in [0.05, 0.1) is 34.8 Å². The third-order valence-electron chi connectivity index (χ3n) is 7.95. The number of carbonyl (C=O) groups is 4. The predicted molar refractivity (Wildman–Crippen MR) is 170 cm³/mol. The van der Waals surface area contributed by atoms with Crippen molar-refractivity contribution in [1.82, 2.24) is 19.8 Å². The fraction of sp³-hybridized carbons (Fsp3) is 0.375.